The molecule has 98 valence electrons. The van der Waals surface area contributed by atoms with E-state index < -0.39 is 5.97 Å². The molecule has 1 heterocycles. The SMILES string of the molecule is Cc1cc(C(=O)NC2CCCC(C(=O)O)C2)n[nH]1. The van der Waals surface area contributed by atoms with Crippen molar-refractivity contribution in [3.63, 3.8) is 0 Å². The number of nitrogens with one attached hydrogen (secondary N) is 2. The van der Waals surface area contributed by atoms with Crippen molar-refractivity contribution in [2.75, 3.05) is 0 Å². The van der Waals surface area contributed by atoms with Gasteiger partial charge >= 0.3 is 5.97 Å². The molecule has 0 spiro atoms. The van der Waals surface area contributed by atoms with Crippen molar-refractivity contribution < 1.29 is 14.7 Å². The molecule has 0 saturated heterocycles. The third-order valence-corrected chi connectivity index (χ3v) is 3.30. The molecule has 6 nitrogen and oxygen atoms in total. The Kier molecular flexibility index (Phi) is 3.64. The zero-order valence-corrected chi connectivity index (χ0v) is 10.3. The van der Waals surface area contributed by atoms with Gasteiger partial charge in [0.25, 0.3) is 5.91 Å². The van der Waals surface area contributed by atoms with E-state index in [0.717, 1.165) is 18.5 Å². The number of carbonyl (C=O) groups excluding carboxylic acids is 1. The van der Waals surface area contributed by atoms with Crippen molar-refractivity contribution in [1.82, 2.24) is 15.5 Å². The normalized spacial score (nSPS) is 23.6. The molecule has 1 aromatic rings. The van der Waals surface area contributed by atoms with Crippen LogP contribution in [0, 0.1) is 12.8 Å². The zero-order valence-electron chi connectivity index (χ0n) is 10.3. The second kappa shape index (κ2) is 5.20. The molecule has 1 aliphatic carbocycles. The average Bonchev–Trinajstić information content (AvgIpc) is 2.76. The van der Waals surface area contributed by atoms with E-state index in [1.807, 2.05) is 6.92 Å². The fourth-order valence-corrected chi connectivity index (χ4v) is 2.34. The molecule has 2 atom stereocenters. The van der Waals surface area contributed by atoms with Crippen LogP contribution in [0.1, 0.15) is 41.9 Å². The molecule has 2 unspecified atom stereocenters. The number of rotatable bonds is 3. The molecule has 1 aromatic heterocycles. The van der Waals surface area contributed by atoms with Crippen LogP contribution >= 0.6 is 0 Å². The Hall–Kier alpha value is -1.85. The fraction of sp³-hybridized carbons (Fsp3) is 0.583. The maximum absolute atomic E-state index is 11.9. The first kappa shape index (κ1) is 12.6. The number of hydrogen-bond donors (Lipinski definition) is 3. The van der Waals surface area contributed by atoms with E-state index in [0.29, 0.717) is 18.5 Å². The molecule has 6 heteroatoms. The van der Waals surface area contributed by atoms with Gasteiger partial charge in [0, 0.05) is 11.7 Å². The second-order valence-corrected chi connectivity index (χ2v) is 4.81. The number of aromatic amines is 1. The van der Waals surface area contributed by atoms with E-state index in [4.69, 9.17) is 5.11 Å². The number of amides is 1. The Morgan fingerprint density at radius 3 is 2.89 bits per heavy atom. The van der Waals surface area contributed by atoms with Crippen LogP contribution in [-0.4, -0.2) is 33.2 Å². The van der Waals surface area contributed by atoms with Gasteiger partial charge in [0.05, 0.1) is 5.92 Å². The highest BCUT2D eigenvalue weighted by atomic mass is 16.4. The van der Waals surface area contributed by atoms with Gasteiger partial charge in [-0.25, -0.2) is 0 Å². The summed E-state index contributed by atoms with van der Waals surface area (Å²) in [5.41, 5.74) is 1.18. The van der Waals surface area contributed by atoms with E-state index in [1.54, 1.807) is 6.07 Å². The standard InChI is InChI=1S/C12H17N3O3/c1-7-5-10(15-14-7)11(16)13-9-4-2-3-8(6-9)12(17)18/h5,8-9H,2-4,6H2,1H3,(H,13,16)(H,14,15)(H,17,18). The molecule has 0 bridgehead atoms. The second-order valence-electron chi connectivity index (χ2n) is 4.81. The van der Waals surface area contributed by atoms with Gasteiger partial charge in [0.1, 0.15) is 5.69 Å². The third kappa shape index (κ3) is 2.88. The summed E-state index contributed by atoms with van der Waals surface area (Å²) in [5.74, 6) is -1.36. The summed E-state index contributed by atoms with van der Waals surface area (Å²) in [6, 6.07) is 1.61. The topological polar surface area (TPSA) is 95.1 Å². The van der Waals surface area contributed by atoms with Crippen molar-refractivity contribution >= 4 is 11.9 Å². The Bertz CT molecular complexity index is 455. The largest absolute Gasteiger partial charge is 0.481 e. The van der Waals surface area contributed by atoms with Gasteiger partial charge in [-0.2, -0.15) is 5.10 Å². The molecule has 1 fully saturated rings. The summed E-state index contributed by atoms with van der Waals surface area (Å²) >= 11 is 0. The molecule has 18 heavy (non-hydrogen) atoms. The first-order valence-corrected chi connectivity index (χ1v) is 6.12. The van der Waals surface area contributed by atoms with Gasteiger partial charge in [-0.1, -0.05) is 6.42 Å². The number of carboxylic acid groups (broad SMARTS) is 1. The summed E-state index contributed by atoms with van der Waals surface area (Å²) in [6.45, 7) is 1.82. The number of aromatic nitrogens is 2. The molecule has 3 N–H and O–H groups in total. The maximum Gasteiger partial charge on any atom is 0.306 e. The summed E-state index contributed by atoms with van der Waals surface area (Å²) in [5, 5.41) is 18.4. The lowest BCUT2D eigenvalue weighted by atomic mass is 9.86. The Morgan fingerprint density at radius 2 is 2.28 bits per heavy atom. The van der Waals surface area contributed by atoms with Crippen LogP contribution in [0.2, 0.25) is 0 Å². The highest BCUT2D eigenvalue weighted by Crippen LogP contribution is 2.24. The lowest BCUT2D eigenvalue weighted by molar-refractivity contribution is -0.143. The molecular weight excluding hydrogens is 234 g/mol. The number of hydrogen-bond acceptors (Lipinski definition) is 3. The van der Waals surface area contributed by atoms with Crippen molar-refractivity contribution in [1.29, 1.82) is 0 Å². The minimum atomic E-state index is -0.774. The van der Waals surface area contributed by atoms with Crippen LogP contribution in [0.3, 0.4) is 0 Å². The van der Waals surface area contributed by atoms with Crippen molar-refractivity contribution in [3.8, 4) is 0 Å². The molecule has 0 radical (unpaired) electrons. The molecule has 2 rings (SSSR count). The molecule has 1 amide bonds. The van der Waals surface area contributed by atoms with E-state index in [9.17, 15) is 9.59 Å². The Morgan fingerprint density at radius 1 is 1.50 bits per heavy atom. The summed E-state index contributed by atoms with van der Waals surface area (Å²) < 4.78 is 0. The highest BCUT2D eigenvalue weighted by molar-refractivity contribution is 5.92. The Balaban J connectivity index is 1.93. The summed E-state index contributed by atoms with van der Waals surface area (Å²) in [7, 11) is 0. The number of aryl methyl sites for hydroxylation is 1. The minimum Gasteiger partial charge on any atom is -0.481 e. The summed E-state index contributed by atoms with van der Waals surface area (Å²) in [4.78, 5) is 22.8. The third-order valence-electron chi connectivity index (χ3n) is 3.30. The highest BCUT2D eigenvalue weighted by Gasteiger charge is 2.28. The number of nitrogens with zero attached hydrogens (tertiary/aromatic N) is 1. The molecule has 1 aliphatic rings. The molecule has 0 aliphatic heterocycles. The van der Waals surface area contributed by atoms with Crippen LogP contribution in [0.5, 0.6) is 0 Å². The van der Waals surface area contributed by atoms with Gasteiger partial charge < -0.3 is 10.4 Å². The zero-order chi connectivity index (χ0) is 13.1. The van der Waals surface area contributed by atoms with E-state index in [2.05, 4.69) is 15.5 Å². The number of aliphatic carboxylic acids is 1. The lowest BCUT2D eigenvalue weighted by Crippen LogP contribution is -2.40. The predicted molar refractivity (Wildman–Crippen MR) is 64.2 cm³/mol. The number of H-pyrrole nitrogens is 1. The van der Waals surface area contributed by atoms with Crippen LogP contribution in [0.25, 0.3) is 0 Å². The van der Waals surface area contributed by atoms with Crippen LogP contribution < -0.4 is 5.32 Å². The monoisotopic (exact) mass is 251 g/mol. The van der Waals surface area contributed by atoms with E-state index in [1.165, 1.54) is 0 Å². The van der Waals surface area contributed by atoms with Gasteiger partial charge in [-0.05, 0) is 32.3 Å². The van der Waals surface area contributed by atoms with E-state index >= 15 is 0 Å². The molecule has 0 aromatic carbocycles. The predicted octanol–water partition coefficient (Wildman–Crippen LogP) is 1.09. The van der Waals surface area contributed by atoms with Gasteiger partial charge in [0.15, 0.2) is 0 Å². The first-order chi connectivity index (χ1) is 8.56. The maximum atomic E-state index is 11.9. The lowest BCUT2D eigenvalue weighted by Gasteiger charge is -2.27. The smallest absolute Gasteiger partial charge is 0.306 e. The van der Waals surface area contributed by atoms with Gasteiger partial charge in [-0.15, -0.1) is 0 Å². The van der Waals surface area contributed by atoms with Crippen molar-refractivity contribution in [3.05, 3.63) is 17.5 Å². The van der Waals surface area contributed by atoms with Crippen LogP contribution in [-0.2, 0) is 4.79 Å². The summed E-state index contributed by atoms with van der Waals surface area (Å²) in [6.07, 6.45) is 2.87. The number of carboxylic acids is 1. The quantitative estimate of drug-likeness (QED) is 0.749. The van der Waals surface area contributed by atoms with Gasteiger partial charge in [0.2, 0.25) is 0 Å². The average molecular weight is 251 g/mol. The van der Waals surface area contributed by atoms with Crippen LogP contribution in [0.15, 0.2) is 6.07 Å². The fourth-order valence-electron chi connectivity index (χ4n) is 2.34. The first-order valence-electron chi connectivity index (χ1n) is 6.12. The number of carbonyl (C=O) groups is 2. The Labute approximate surface area is 105 Å². The molecule has 1 saturated carbocycles. The van der Waals surface area contributed by atoms with Gasteiger partial charge in [-0.3, -0.25) is 14.7 Å². The van der Waals surface area contributed by atoms with Crippen molar-refractivity contribution in [2.24, 2.45) is 5.92 Å². The van der Waals surface area contributed by atoms with Crippen LogP contribution in [0.4, 0.5) is 0 Å². The van der Waals surface area contributed by atoms with Crippen molar-refractivity contribution in [2.45, 2.75) is 38.6 Å². The van der Waals surface area contributed by atoms with E-state index in [-0.39, 0.29) is 17.9 Å². The molecular formula is C12H17N3O3. The minimum absolute atomic E-state index is 0.0654.